The van der Waals surface area contributed by atoms with Gasteiger partial charge in [0, 0.05) is 11.3 Å². The highest BCUT2D eigenvalue weighted by molar-refractivity contribution is 7.99. The van der Waals surface area contributed by atoms with E-state index in [1.807, 2.05) is 43.3 Å². The molecule has 10 heteroatoms. The summed E-state index contributed by atoms with van der Waals surface area (Å²) in [5.41, 5.74) is 3.24. The molecule has 0 spiro atoms. The van der Waals surface area contributed by atoms with Crippen molar-refractivity contribution in [1.82, 2.24) is 15.2 Å². The van der Waals surface area contributed by atoms with Crippen molar-refractivity contribution in [3.05, 3.63) is 70.3 Å². The third-order valence-electron chi connectivity index (χ3n) is 4.56. The highest BCUT2D eigenvalue weighted by Crippen LogP contribution is 2.35. The number of hydrogen-bond donors (Lipinski definition) is 1. The van der Waals surface area contributed by atoms with Gasteiger partial charge >= 0.3 is 0 Å². The van der Waals surface area contributed by atoms with E-state index in [1.54, 1.807) is 36.6 Å². The van der Waals surface area contributed by atoms with Gasteiger partial charge in [-0.25, -0.2) is 4.98 Å². The number of methoxy groups -OCH3 is 1. The molecule has 0 saturated heterocycles. The minimum absolute atomic E-state index is 0.174. The first-order valence-corrected chi connectivity index (χ1v) is 12.3. The number of rotatable bonds is 7. The standard InChI is InChI=1S/C23H18Cl2N4O2S2/c1-13-22(33-23(26-13)14-3-6-16(31-2)7-4-14)19-9-10-21(29-28-19)32-12-20(30)27-15-5-8-17(24)18(25)11-15/h3-11H,12H2,1-2H3,(H,27,30). The van der Waals surface area contributed by atoms with Crippen LogP contribution in [0.5, 0.6) is 5.75 Å². The van der Waals surface area contributed by atoms with Gasteiger partial charge in [-0.3, -0.25) is 4.79 Å². The van der Waals surface area contributed by atoms with Gasteiger partial charge in [0.1, 0.15) is 21.5 Å². The fourth-order valence-electron chi connectivity index (χ4n) is 2.92. The van der Waals surface area contributed by atoms with E-state index in [4.69, 9.17) is 27.9 Å². The van der Waals surface area contributed by atoms with Crippen molar-refractivity contribution in [2.45, 2.75) is 11.9 Å². The van der Waals surface area contributed by atoms with Crippen LogP contribution in [0.2, 0.25) is 10.0 Å². The molecular weight excluding hydrogens is 499 g/mol. The van der Waals surface area contributed by atoms with Gasteiger partial charge in [-0.15, -0.1) is 21.5 Å². The van der Waals surface area contributed by atoms with E-state index in [-0.39, 0.29) is 11.7 Å². The molecule has 0 aliphatic rings. The summed E-state index contributed by atoms with van der Waals surface area (Å²) in [5.74, 6) is 0.818. The van der Waals surface area contributed by atoms with Crippen LogP contribution in [0.15, 0.2) is 59.6 Å². The van der Waals surface area contributed by atoms with E-state index in [0.717, 1.165) is 32.6 Å². The second-order valence-corrected chi connectivity index (χ2v) is 9.69. The van der Waals surface area contributed by atoms with Crippen molar-refractivity contribution in [3.63, 3.8) is 0 Å². The Bertz CT molecular complexity index is 1280. The summed E-state index contributed by atoms with van der Waals surface area (Å²) in [7, 11) is 1.64. The molecule has 0 bridgehead atoms. The van der Waals surface area contributed by atoms with Gasteiger partial charge < -0.3 is 10.1 Å². The van der Waals surface area contributed by atoms with Gasteiger partial charge in [-0.05, 0) is 61.5 Å². The lowest BCUT2D eigenvalue weighted by Crippen LogP contribution is -2.14. The number of carbonyl (C=O) groups excluding carboxylic acids is 1. The van der Waals surface area contributed by atoms with E-state index in [2.05, 4.69) is 20.5 Å². The Morgan fingerprint density at radius 1 is 1.06 bits per heavy atom. The Labute approximate surface area is 209 Å². The molecule has 2 aromatic carbocycles. The van der Waals surface area contributed by atoms with Crippen molar-refractivity contribution < 1.29 is 9.53 Å². The fraction of sp³-hybridized carbons (Fsp3) is 0.130. The number of thiazole rings is 1. The molecule has 1 amide bonds. The second kappa shape index (κ2) is 10.5. The summed E-state index contributed by atoms with van der Waals surface area (Å²) in [6, 6.07) is 16.5. The van der Waals surface area contributed by atoms with Gasteiger partial charge in [0.25, 0.3) is 0 Å². The summed E-state index contributed by atoms with van der Waals surface area (Å²) in [5, 5.41) is 13.8. The number of hydrogen-bond acceptors (Lipinski definition) is 7. The maximum Gasteiger partial charge on any atom is 0.234 e. The molecule has 33 heavy (non-hydrogen) atoms. The minimum Gasteiger partial charge on any atom is -0.497 e. The topological polar surface area (TPSA) is 77.0 Å². The molecule has 168 valence electrons. The molecule has 6 nitrogen and oxygen atoms in total. The lowest BCUT2D eigenvalue weighted by atomic mass is 10.2. The zero-order valence-electron chi connectivity index (χ0n) is 17.6. The molecular formula is C23H18Cl2N4O2S2. The maximum atomic E-state index is 12.2. The van der Waals surface area contributed by atoms with E-state index < -0.39 is 0 Å². The van der Waals surface area contributed by atoms with Crippen LogP contribution in [0.4, 0.5) is 5.69 Å². The third kappa shape index (κ3) is 5.83. The SMILES string of the molecule is COc1ccc(-c2nc(C)c(-c3ccc(SCC(=O)Nc4ccc(Cl)c(Cl)c4)nn3)s2)cc1. The van der Waals surface area contributed by atoms with Crippen LogP contribution >= 0.6 is 46.3 Å². The quantitative estimate of drug-likeness (QED) is 0.278. The number of halogens is 2. The van der Waals surface area contributed by atoms with Gasteiger partial charge in [-0.1, -0.05) is 35.0 Å². The van der Waals surface area contributed by atoms with Gasteiger partial charge in [0.2, 0.25) is 5.91 Å². The van der Waals surface area contributed by atoms with Crippen molar-refractivity contribution in [2.75, 3.05) is 18.2 Å². The van der Waals surface area contributed by atoms with E-state index in [1.165, 1.54) is 11.8 Å². The number of nitrogens with one attached hydrogen (secondary N) is 1. The largest absolute Gasteiger partial charge is 0.497 e. The average molecular weight is 517 g/mol. The summed E-state index contributed by atoms with van der Waals surface area (Å²) in [4.78, 5) is 17.9. The first kappa shape index (κ1) is 23.5. The van der Waals surface area contributed by atoms with Crippen molar-refractivity contribution in [2.24, 2.45) is 0 Å². The summed E-state index contributed by atoms with van der Waals surface area (Å²) in [6.07, 6.45) is 0. The lowest BCUT2D eigenvalue weighted by molar-refractivity contribution is -0.113. The molecule has 1 N–H and O–H groups in total. The monoisotopic (exact) mass is 516 g/mol. The van der Waals surface area contributed by atoms with E-state index >= 15 is 0 Å². The Hall–Kier alpha value is -2.65. The second-order valence-electron chi connectivity index (χ2n) is 6.88. The number of carbonyl (C=O) groups is 1. The molecule has 0 atom stereocenters. The van der Waals surface area contributed by atoms with E-state index in [0.29, 0.717) is 20.8 Å². The molecule has 0 unspecified atom stereocenters. The fourth-order valence-corrected chi connectivity index (χ4v) is 4.87. The molecule has 2 heterocycles. The molecule has 0 saturated carbocycles. The zero-order chi connectivity index (χ0) is 23.4. The normalized spacial score (nSPS) is 10.8. The number of anilines is 1. The first-order valence-electron chi connectivity index (χ1n) is 9.76. The Morgan fingerprint density at radius 3 is 2.52 bits per heavy atom. The smallest absolute Gasteiger partial charge is 0.234 e. The first-order chi connectivity index (χ1) is 15.9. The van der Waals surface area contributed by atoms with Gasteiger partial charge in [0.05, 0.1) is 33.5 Å². The number of benzene rings is 2. The molecule has 2 aromatic heterocycles. The summed E-state index contributed by atoms with van der Waals surface area (Å²) in [6.45, 7) is 1.95. The van der Waals surface area contributed by atoms with E-state index in [9.17, 15) is 4.79 Å². The van der Waals surface area contributed by atoms with Crippen molar-refractivity contribution in [3.8, 4) is 26.9 Å². The number of ether oxygens (including phenoxy) is 1. The number of nitrogens with zero attached hydrogens (tertiary/aromatic N) is 3. The molecule has 0 aliphatic heterocycles. The lowest BCUT2D eigenvalue weighted by Gasteiger charge is -2.06. The third-order valence-corrected chi connectivity index (χ3v) is 7.45. The molecule has 4 rings (SSSR count). The van der Waals surface area contributed by atoms with Crippen LogP contribution in [-0.4, -0.2) is 34.0 Å². The van der Waals surface area contributed by atoms with Crippen LogP contribution in [-0.2, 0) is 4.79 Å². The number of aryl methyl sites for hydroxylation is 1. The van der Waals surface area contributed by atoms with Crippen LogP contribution in [0.1, 0.15) is 5.69 Å². The average Bonchev–Trinajstić information content (AvgIpc) is 3.22. The minimum atomic E-state index is -0.174. The molecule has 4 aromatic rings. The molecule has 0 aliphatic carbocycles. The van der Waals surface area contributed by atoms with Gasteiger partial charge in [-0.2, -0.15) is 0 Å². The Kier molecular flexibility index (Phi) is 7.49. The van der Waals surface area contributed by atoms with Crippen molar-refractivity contribution >= 4 is 57.9 Å². The van der Waals surface area contributed by atoms with Crippen LogP contribution in [0.25, 0.3) is 21.1 Å². The summed E-state index contributed by atoms with van der Waals surface area (Å²) < 4.78 is 5.22. The van der Waals surface area contributed by atoms with Crippen molar-refractivity contribution in [1.29, 1.82) is 0 Å². The maximum absolute atomic E-state index is 12.2. The van der Waals surface area contributed by atoms with Crippen LogP contribution < -0.4 is 10.1 Å². The Morgan fingerprint density at radius 2 is 1.85 bits per heavy atom. The number of amides is 1. The highest BCUT2D eigenvalue weighted by atomic mass is 35.5. The van der Waals surface area contributed by atoms with Crippen LogP contribution in [0.3, 0.4) is 0 Å². The summed E-state index contributed by atoms with van der Waals surface area (Å²) >= 11 is 14.7. The zero-order valence-corrected chi connectivity index (χ0v) is 20.8. The van der Waals surface area contributed by atoms with Gasteiger partial charge in [0.15, 0.2) is 0 Å². The van der Waals surface area contributed by atoms with Crippen LogP contribution in [0, 0.1) is 6.92 Å². The molecule has 0 radical (unpaired) electrons. The Balaban J connectivity index is 1.39. The predicted octanol–water partition coefficient (Wildman–Crippen LogP) is 6.62. The highest BCUT2D eigenvalue weighted by Gasteiger charge is 2.14. The number of thioether (sulfide) groups is 1. The predicted molar refractivity (Wildman–Crippen MR) is 136 cm³/mol. The molecule has 0 fully saturated rings. The number of aromatic nitrogens is 3.